The summed E-state index contributed by atoms with van der Waals surface area (Å²) in [7, 11) is 0. The van der Waals surface area contributed by atoms with Crippen LogP contribution >= 0.6 is 0 Å². The van der Waals surface area contributed by atoms with Crippen molar-refractivity contribution in [3.63, 3.8) is 0 Å². The monoisotopic (exact) mass is 305 g/mol. The van der Waals surface area contributed by atoms with Crippen LogP contribution in [0.2, 0.25) is 0 Å². The summed E-state index contributed by atoms with van der Waals surface area (Å²) < 4.78 is 19.6. The van der Waals surface area contributed by atoms with Crippen LogP contribution in [0.25, 0.3) is 0 Å². The number of carbonyl (C=O) groups is 2. The Bertz CT molecular complexity index is 571. The predicted octanol–water partition coefficient (Wildman–Crippen LogP) is 2.33. The van der Waals surface area contributed by atoms with Crippen LogP contribution in [0.3, 0.4) is 0 Å². The lowest BCUT2D eigenvalue weighted by Crippen LogP contribution is -2.34. The van der Waals surface area contributed by atoms with Crippen LogP contribution in [0.5, 0.6) is 0 Å². The Hall–Kier alpha value is -1.91. The number of hydrogen-bond acceptors (Lipinski definition) is 3. The Morgan fingerprint density at radius 2 is 2.05 bits per heavy atom. The first-order chi connectivity index (χ1) is 10.6. The summed E-state index contributed by atoms with van der Waals surface area (Å²) in [6, 6.07) is 9.50. The number of benzene rings is 1. The number of halogens is 1. The van der Waals surface area contributed by atoms with Crippen LogP contribution in [0.4, 0.5) is 4.39 Å². The molecule has 1 aliphatic carbocycles. The molecule has 0 spiro atoms. The molecule has 2 atom stereocenters. The molecule has 1 heterocycles. The standard InChI is InChI=1S/C17H20FNO3/c1-2-22-16(21)17(8-9-17)13-11-19(15(20)14(13)18)10-12-6-4-3-5-7-12/h3-7,13-14H,2,8-11H2,1H3. The van der Waals surface area contributed by atoms with E-state index in [-0.39, 0.29) is 19.1 Å². The number of hydrogen-bond donors (Lipinski definition) is 0. The minimum absolute atomic E-state index is 0.284. The average Bonchev–Trinajstić information content (AvgIpc) is 3.28. The van der Waals surface area contributed by atoms with E-state index >= 15 is 0 Å². The van der Waals surface area contributed by atoms with Crippen LogP contribution < -0.4 is 0 Å². The molecule has 1 aromatic carbocycles. The molecule has 0 bridgehead atoms. The van der Waals surface area contributed by atoms with Crippen molar-refractivity contribution < 1.29 is 18.7 Å². The highest BCUT2D eigenvalue weighted by Gasteiger charge is 2.63. The van der Waals surface area contributed by atoms with Gasteiger partial charge in [-0.25, -0.2) is 4.39 Å². The van der Waals surface area contributed by atoms with E-state index in [9.17, 15) is 14.0 Å². The van der Waals surface area contributed by atoms with Gasteiger partial charge in [0.2, 0.25) is 0 Å². The van der Waals surface area contributed by atoms with E-state index in [0.717, 1.165) is 5.56 Å². The van der Waals surface area contributed by atoms with Gasteiger partial charge >= 0.3 is 5.97 Å². The van der Waals surface area contributed by atoms with Crippen molar-refractivity contribution in [3.8, 4) is 0 Å². The molecule has 0 N–H and O–H groups in total. The molecule has 0 radical (unpaired) electrons. The van der Waals surface area contributed by atoms with E-state index in [1.54, 1.807) is 6.92 Å². The highest BCUT2D eigenvalue weighted by Crippen LogP contribution is 2.56. The predicted molar refractivity (Wildman–Crippen MR) is 78.5 cm³/mol. The second-order valence-corrected chi connectivity index (χ2v) is 6.09. The zero-order valence-electron chi connectivity index (χ0n) is 12.6. The second-order valence-electron chi connectivity index (χ2n) is 6.09. The van der Waals surface area contributed by atoms with Gasteiger partial charge in [-0.2, -0.15) is 0 Å². The van der Waals surface area contributed by atoms with Gasteiger partial charge in [0.25, 0.3) is 5.91 Å². The molecular weight excluding hydrogens is 285 g/mol. The van der Waals surface area contributed by atoms with Gasteiger partial charge in [-0.3, -0.25) is 9.59 Å². The van der Waals surface area contributed by atoms with Gasteiger partial charge in [0, 0.05) is 19.0 Å². The fraction of sp³-hybridized carbons (Fsp3) is 0.529. The molecule has 1 amide bonds. The summed E-state index contributed by atoms with van der Waals surface area (Å²) in [4.78, 5) is 25.8. The van der Waals surface area contributed by atoms with Gasteiger partial charge in [0.05, 0.1) is 12.0 Å². The van der Waals surface area contributed by atoms with Crippen LogP contribution in [-0.2, 0) is 20.9 Å². The second kappa shape index (κ2) is 5.71. The van der Waals surface area contributed by atoms with Crippen molar-refractivity contribution >= 4 is 11.9 Å². The molecule has 1 saturated carbocycles. The third kappa shape index (κ3) is 2.49. The Morgan fingerprint density at radius 1 is 1.36 bits per heavy atom. The molecule has 3 rings (SSSR count). The summed E-state index contributed by atoms with van der Waals surface area (Å²) in [5.41, 5.74) is 0.181. The van der Waals surface area contributed by atoms with Crippen molar-refractivity contribution in [1.82, 2.24) is 4.90 Å². The fourth-order valence-corrected chi connectivity index (χ4v) is 3.30. The molecule has 2 fully saturated rings. The highest BCUT2D eigenvalue weighted by molar-refractivity contribution is 5.87. The summed E-state index contributed by atoms with van der Waals surface area (Å²) in [5.74, 6) is -1.44. The Morgan fingerprint density at radius 3 is 2.64 bits per heavy atom. The molecule has 22 heavy (non-hydrogen) atoms. The molecule has 2 unspecified atom stereocenters. The molecule has 1 aliphatic heterocycles. The van der Waals surface area contributed by atoms with Crippen molar-refractivity contribution in [1.29, 1.82) is 0 Å². The molecular formula is C17H20FNO3. The topological polar surface area (TPSA) is 46.6 Å². The zero-order valence-corrected chi connectivity index (χ0v) is 12.6. The maximum Gasteiger partial charge on any atom is 0.312 e. The Balaban J connectivity index is 1.73. The lowest BCUT2D eigenvalue weighted by atomic mass is 9.87. The first-order valence-electron chi connectivity index (χ1n) is 7.72. The van der Waals surface area contributed by atoms with Crippen molar-refractivity contribution in [2.24, 2.45) is 11.3 Å². The third-order valence-corrected chi connectivity index (χ3v) is 4.71. The van der Waals surface area contributed by atoms with E-state index in [0.29, 0.717) is 19.4 Å². The van der Waals surface area contributed by atoms with Gasteiger partial charge in [0.15, 0.2) is 6.17 Å². The average molecular weight is 305 g/mol. The maximum absolute atomic E-state index is 14.5. The first-order valence-corrected chi connectivity index (χ1v) is 7.72. The number of esters is 1. The number of nitrogens with zero attached hydrogens (tertiary/aromatic N) is 1. The largest absolute Gasteiger partial charge is 0.466 e. The van der Waals surface area contributed by atoms with E-state index in [2.05, 4.69) is 0 Å². The molecule has 5 heteroatoms. The SMILES string of the molecule is CCOC(=O)C1(C2CN(Cc3ccccc3)C(=O)C2F)CC1. The summed E-state index contributed by atoms with van der Waals surface area (Å²) in [5, 5.41) is 0. The minimum Gasteiger partial charge on any atom is -0.466 e. The van der Waals surface area contributed by atoms with Crippen LogP contribution in [0.15, 0.2) is 30.3 Å². The normalized spacial score (nSPS) is 26.1. The van der Waals surface area contributed by atoms with Crippen molar-refractivity contribution in [2.45, 2.75) is 32.5 Å². The molecule has 4 nitrogen and oxygen atoms in total. The molecule has 0 aromatic heterocycles. The quantitative estimate of drug-likeness (QED) is 0.784. The summed E-state index contributed by atoms with van der Waals surface area (Å²) in [6.45, 7) is 2.69. The third-order valence-electron chi connectivity index (χ3n) is 4.71. The maximum atomic E-state index is 14.5. The lowest BCUT2D eigenvalue weighted by Gasteiger charge is -2.22. The number of ether oxygens (including phenoxy) is 1. The molecule has 118 valence electrons. The molecule has 1 saturated heterocycles. The lowest BCUT2D eigenvalue weighted by molar-refractivity contribution is -0.152. The molecule has 2 aliphatic rings. The summed E-state index contributed by atoms with van der Waals surface area (Å²) in [6.07, 6.45) is -0.372. The number of alkyl halides is 1. The van der Waals surface area contributed by atoms with Crippen molar-refractivity contribution in [3.05, 3.63) is 35.9 Å². The highest BCUT2D eigenvalue weighted by atomic mass is 19.1. The first kappa shape index (κ1) is 15.0. The van der Waals surface area contributed by atoms with Crippen LogP contribution in [0.1, 0.15) is 25.3 Å². The Kier molecular flexibility index (Phi) is 3.89. The number of amides is 1. The number of rotatable bonds is 5. The minimum atomic E-state index is -1.60. The zero-order chi connectivity index (χ0) is 15.7. The van der Waals surface area contributed by atoms with Gasteiger partial charge in [0.1, 0.15) is 0 Å². The fourth-order valence-electron chi connectivity index (χ4n) is 3.30. The molecule has 1 aromatic rings. The van der Waals surface area contributed by atoms with Crippen LogP contribution in [0, 0.1) is 11.3 Å². The van der Waals surface area contributed by atoms with E-state index in [4.69, 9.17) is 4.74 Å². The van der Waals surface area contributed by atoms with E-state index in [1.165, 1.54) is 4.90 Å². The van der Waals surface area contributed by atoms with Crippen LogP contribution in [-0.4, -0.2) is 36.1 Å². The van der Waals surface area contributed by atoms with E-state index < -0.39 is 23.4 Å². The summed E-state index contributed by atoms with van der Waals surface area (Å²) >= 11 is 0. The Labute approximate surface area is 129 Å². The van der Waals surface area contributed by atoms with Crippen molar-refractivity contribution in [2.75, 3.05) is 13.2 Å². The van der Waals surface area contributed by atoms with Gasteiger partial charge in [-0.1, -0.05) is 30.3 Å². The smallest absolute Gasteiger partial charge is 0.312 e. The van der Waals surface area contributed by atoms with Gasteiger partial charge in [-0.05, 0) is 25.3 Å². The number of carbonyl (C=O) groups excluding carboxylic acids is 2. The number of likely N-dealkylation sites (tertiary alicyclic amines) is 1. The van der Waals surface area contributed by atoms with Gasteiger partial charge in [-0.15, -0.1) is 0 Å². The van der Waals surface area contributed by atoms with Gasteiger partial charge < -0.3 is 9.64 Å². The van der Waals surface area contributed by atoms with E-state index in [1.807, 2.05) is 30.3 Å².